The molecule has 3 atom stereocenters. The van der Waals surface area contributed by atoms with E-state index >= 15 is 0 Å². The van der Waals surface area contributed by atoms with Crippen molar-refractivity contribution >= 4 is 6.09 Å². The van der Waals surface area contributed by atoms with E-state index in [0.29, 0.717) is 0 Å². The minimum absolute atomic E-state index is 0.0716. The van der Waals surface area contributed by atoms with Crippen molar-refractivity contribution in [1.29, 1.82) is 5.26 Å². The van der Waals surface area contributed by atoms with Gasteiger partial charge in [-0.05, 0) is 88.7 Å². The third kappa shape index (κ3) is 5.90. The summed E-state index contributed by atoms with van der Waals surface area (Å²) in [5, 5.41) is 13.9. The molecule has 192 valence electrons. The number of carbonyl (C=O) groups excluding carboxylic acids is 1. The molecule has 1 saturated carbocycles. The Hall–Kier alpha value is -2.91. The molecule has 5 nitrogen and oxygen atoms in total. The highest BCUT2D eigenvalue weighted by Crippen LogP contribution is 2.50. The van der Waals surface area contributed by atoms with Crippen molar-refractivity contribution in [2.45, 2.75) is 76.5 Å². The summed E-state index contributed by atoms with van der Waals surface area (Å²) in [4.78, 5) is 15.1. The Morgan fingerprint density at radius 3 is 2.44 bits per heavy atom. The number of piperidine rings is 1. The van der Waals surface area contributed by atoms with Crippen LogP contribution in [0.15, 0.2) is 54.6 Å². The summed E-state index contributed by atoms with van der Waals surface area (Å²) < 4.78 is 20.0. The molecule has 0 aromatic heterocycles. The van der Waals surface area contributed by atoms with Crippen LogP contribution in [0.2, 0.25) is 0 Å². The number of amides is 1. The van der Waals surface area contributed by atoms with Crippen molar-refractivity contribution in [3.8, 4) is 6.07 Å². The average molecular weight is 492 g/mol. The average Bonchev–Trinajstić information content (AvgIpc) is 3.29. The molecule has 2 fully saturated rings. The second kappa shape index (κ2) is 11.0. The topological polar surface area (TPSA) is 65.4 Å². The van der Waals surface area contributed by atoms with E-state index in [-0.39, 0.29) is 23.7 Å². The monoisotopic (exact) mass is 491 g/mol. The largest absolute Gasteiger partial charge is 0.444 e. The zero-order chi connectivity index (χ0) is 25.8. The molecule has 0 bridgehead atoms. The third-order valence-corrected chi connectivity index (χ3v) is 7.77. The number of hydrogen-bond donors (Lipinski definition) is 1. The molecular formula is C30H38FN3O2. The summed E-state index contributed by atoms with van der Waals surface area (Å²) in [6.07, 6.45) is 3.77. The number of benzene rings is 2. The number of alkyl carbamates (subject to hydrolysis) is 1. The van der Waals surface area contributed by atoms with E-state index in [0.717, 1.165) is 57.3 Å². The molecule has 0 unspecified atom stereocenters. The fourth-order valence-electron chi connectivity index (χ4n) is 6.26. The van der Waals surface area contributed by atoms with E-state index in [1.165, 1.54) is 17.7 Å². The molecule has 4 rings (SSSR count). The maximum absolute atomic E-state index is 14.5. The maximum atomic E-state index is 14.5. The van der Waals surface area contributed by atoms with Gasteiger partial charge in [0.05, 0.1) is 11.5 Å². The maximum Gasteiger partial charge on any atom is 0.407 e. The Labute approximate surface area is 214 Å². The SMILES string of the molecule is CC(C)(C)OC(=O)N[C@H]1CCC[C@@H]1[C@@](C#N)(c1cccc(F)c1)C1CCN(Cc2ccccc2)CC1. The van der Waals surface area contributed by atoms with Crippen LogP contribution in [-0.2, 0) is 16.7 Å². The van der Waals surface area contributed by atoms with Gasteiger partial charge in [0.25, 0.3) is 0 Å². The first kappa shape index (κ1) is 26.2. The van der Waals surface area contributed by atoms with Crippen LogP contribution in [0, 0.1) is 29.0 Å². The Kier molecular flexibility index (Phi) is 8.00. The minimum atomic E-state index is -0.878. The lowest BCUT2D eigenvalue weighted by atomic mass is 9.59. The van der Waals surface area contributed by atoms with Gasteiger partial charge in [-0.15, -0.1) is 0 Å². The first-order chi connectivity index (χ1) is 17.2. The van der Waals surface area contributed by atoms with Crippen LogP contribution in [0.1, 0.15) is 64.0 Å². The normalized spacial score (nSPS) is 23.0. The molecule has 1 amide bonds. The third-order valence-electron chi connectivity index (χ3n) is 7.77. The van der Waals surface area contributed by atoms with Gasteiger partial charge < -0.3 is 10.1 Å². The number of nitrogens with zero attached hydrogens (tertiary/aromatic N) is 2. The van der Waals surface area contributed by atoms with Gasteiger partial charge >= 0.3 is 6.09 Å². The summed E-state index contributed by atoms with van der Waals surface area (Å²) in [6.45, 7) is 8.18. The van der Waals surface area contributed by atoms with Crippen LogP contribution >= 0.6 is 0 Å². The fraction of sp³-hybridized carbons (Fsp3) is 0.533. The van der Waals surface area contributed by atoms with Crippen molar-refractivity contribution in [1.82, 2.24) is 10.2 Å². The molecule has 2 aromatic carbocycles. The van der Waals surface area contributed by atoms with Gasteiger partial charge in [0.1, 0.15) is 11.4 Å². The molecule has 1 aliphatic carbocycles. The molecule has 1 N–H and O–H groups in total. The lowest BCUT2D eigenvalue weighted by Crippen LogP contribution is -2.52. The zero-order valence-corrected chi connectivity index (χ0v) is 21.7. The number of halogens is 1. The van der Waals surface area contributed by atoms with Gasteiger partial charge in [-0.2, -0.15) is 5.26 Å². The quantitative estimate of drug-likeness (QED) is 0.523. The van der Waals surface area contributed by atoms with Crippen LogP contribution in [0.4, 0.5) is 9.18 Å². The van der Waals surface area contributed by atoms with E-state index in [1.54, 1.807) is 6.07 Å². The molecular weight excluding hydrogens is 453 g/mol. The zero-order valence-electron chi connectivity index (χ0n) is 21.7. The summed E-state index contributed by atoms with van der Waals surface area (Å²) >= 11 is 0. The highest BCUT2D eigenvalue weighted by molar-refractivity contribution is 5.68. The number of rotatable bonds is 6. The van der Waals surface area contributed by atoms with Gasteiger partial charge in [-0.1, -0.05) is 48.9 Å². The lowest BCUT2D eigenvalue weighted by molar-refractivity contribution is 0.0459. The molecule has 36 heavy (non-hydrogen) atoms. The van der Waals surface area contributed by atoms with E-state index < -0.39 is 17.1 Å². The summed E-state index contributed by atoms with van der Waals surface area (Å²) in [6, 6.07) is 19.5. The first-order valence-electron chi connectivity index (χ1n) is 13.1. The van der Waals surface area contributed by atoms with Crippen LogP contribution in [0.3, 0.4) is 0 Å². The van der Waals surface area contributed by atoms with Crippen LogP contribution in [-0.4, -0.2) is 35.7 Å². The molecule has 6 heteroatoms. The highest BCUT2D eigenvalue weighted by atomic mass is 19.1. The molecule has 1 aliphatic heterocycles. The standard InChI is InChI=1S/C30H38FN3O2/c1-29(2,3)36-28(35)33-27-14-8-13-26(27)30(21-32,24-11-7-12-25(31)19-24)23-15-17-34(18-16-23)20-22-9-5-4-6-10-22/h4-7,9-12,19,23,26-27H,8,13-18,20H2,1-3H3,(H,33,35)/t26-,27-,30+/m0/s1. The Morgan fingerprint density at radius 1 is 1.08 bits per heavy atom. The molecule has 0 radical (unpaired) electrons. The van der Waals surface area contributed by atoms with E-state index in [9.17, 15) is 14.4 Å². The summed E-state index contributed by atoms with van der Waals surface area (Å²) in [5.41, 5.74) is 0.537. The highest BCUT2D eigenvalue weighted by Gasteiger charge is 2.52. The molecule has 0 spiro atoms. The van der Waals surface area contributed by atoms with E-state index in [2.05, 4.69) is 40.6 Å². The van der Waals surface area contributed by atoms with Crippen LogP contribution in [0.5, 0.6) is 0 Å². The first-order valence-corrected chi connectivity index (χ1v) is 13.1. The van der Waals surface area contributed by atoms with Gasteiger partial charge in [-0.3, -0.25) is 4.90 Å². The number of likely N-dealkylation sites (tertiary alicyclic amines) is 1. The van der Waals surface area contributed by atoms with E-state index in [1.807, 2.05) is 32.9 Å². The summed E-state index contributed by atoms with van der Waals surface area (Å²) in [5.74, 6) is -0.367. The number of nitrogens with one attached hydrogen (secondary N) is 1. The predicted molar refractivity (Wildman–Crippen MR) is 139 cm³/mol. The second-order valence-corrected chi connectivity index (χ2v) is 11.3. The van der Waals surface area contributed by atoms with Crippen molar-refractivity contribution in [3.05, 3.63) is 71.5 Å². The Balaban J connectivity index is 1.59. The van der Waals surface area contributed by atoms with Crippen LogP contribution < -0.4 is 5.32 Å². The van der Waals surface area contributed by atoms with Gasteiger partial charge in [0.15, 0.2) is 0 Å². The molecule has 2 aliphatic rings. The Bertz CT molecular complexity index is 1070. The predicted octanol–water partition coefficient (Wildman–Crippen LogP) is 6.19. The molecule has 2 aromatic rings. The fourth-order valence-corrected chi connectivity index (χ4v) is 6.26. The lowest BCUT2D eigenvalue weighted by Gasteiger charge is -2.46. The summed E-state index contributed by atoms with van der Waals surface area (Å²) in [7, 11) is 0. The smallest absolute Gasteiger partial charge is 0.407 e. The molecule has 1 saturated heterocycles. The van der Waals surface area contributed by atoms with Crippen LogP contribution in [0.25, 0.3) is 0 Å². The number of nitriles is 1. The van der Waals surface area contributed by atoms with Crippen molar-refractivity contribution in [3.63, 3.8) is 0 Å². The number of ether oxygens (including phenoxy) is 1. The van der Waals surface area contributed by atoms with Gasteiger partial charge in [0, 0.05) is 18.5 Å². The number of carbonyl (C=O) groups is 1. The van der Waals surface area contributed by atoms with E-state index in [4.69, 9.17) is 4.74 Å². The number of hydrogen-bond acceptors (Lipinski definition) is 4. The minimum Gasteiger partial charge on any atom is -0.444 e. The molecule has 1 heterocycles. The van der Waals surface area contributed by atoms with Crippen molar-refractivity contribution < 1.29 is 13.9 Å². The van der Waals surface area contributed by atoms with Crippen molar-refractivity contribution in [2.75, 3.05) is 13.1 Å². The van der Waals surface area contributed by atoms with Gasteiger partial charge in [-0.25, -0.2) is 9.18 Å². The van der Waals surface area contributed by atoms with Gasteiger partial charge in [0.2, 0.25) is 0 Å². The Morgan fingerprint density at radius 2 is 1.81 bits per heavy atom. The van der Waals surface area contributed by atoms with Crippen molar-refractivity contribution in [2.24, 2.45) is 11.8 Å². The second-order valence-electron chi connectivity index (χ2n) is 11.3.